The lowest BCUT2D eigenvalue weighted by Crippen LogP contribution is -2.24. The highest BCUT2D eigenvalue weighted by molar-refractivity contribution is 5.91. The number of anilines is 2. The molecule has 0 spiro atoms. The van der Waals surface area contributed by atoms with E-state index in [1.807, 2.05) is 19.2 Å². The summed E-state index contributed by atoms with van der Waals surface area (Å²) < 4.78 is 1.80. The Morgan fingerprint density at radius 2 is 2.32 bits per heavy atom. The molecule has 7 nitrogen and oxygen atoms in total. The maximum absolute atomic E-state index is 11.1. The largest absolute Gasteiger partial charge is 0.396 e. The lowest BCUT2D eigenvalue weighted by Gasteiger charge is -2.16. The second-order valence-corrected chi connectivity index (χ2v) is 4.27. The number of primary amides is 1. The molecule has 19 heavy (non-hydrogen) atoms. The lowest BCUT2D eigenvalue weighted by atomic mass is 10.2. The van der Waals surface area contributed by atoms with Gasteiger partial charge in [-0.25, -0.2) is 4.98 Å². The Morgan fingerprint density at radius 3 is 2.95 bits per heavy atom. The number of amides is 1. The van der Waals surface area contributed by atoms with Gasteiger partial charge in [-0.05, 0) is 25.1 Å². The number of pyridine rings is 1. The number of carbonyl (C=O) groups is 1. The summed E-state index contributed by atoms with van der Waals surface area (Å²) in [5, 5.41) is 7.26. The number of nitrogen functional groups attached to an aromatic ring is 1. The molecule has 0 saturated carbocycles. The van der Waals surface area contributed by atoms with Gasteiger partial charge in [0.2, 0.25) is 0 Å². The van der Waals surface area contributed by atoms with Crippen LogP contribution in [0.25, 0.3) is 0 Å². The summed E-state index contributed by atoms with van der Waals surface area (Å²) in [6.45, 7) is 2.63. The van der Waals surface area contributed by atoms with Gasteiger partial charge in [-0.2, -0.15) is 5.10 Å². The minimum Gasteiger partial charge on any atom is -0.396 e. The summed E-state index contributed by atoms with van der Waals surface area (Å²) in [4.78, 5) is 15.2. The first-order chi connectivity index (χ1) is 9.06. The maximum Gasteiger partial charge on any atom is 0.267 e. The van der Waals surface area contributed by atoms with Crippen LogP contribution in [0, 0.1) is 0 Å². The first kappa shape index (κ1) is 12.9. The van der Waals surface area contributed by atoms with Crippen molar-refractivity contribution in [3.8, 4) is 0 Å². The highest BCUT2D eigenvalue weighted by Gasteiger charge is 2.10. The molecule has 2 aromatic heterocycles. The van der Waals surface area contributed by atoms with E-state index in [0.29, 0.717) is 18.1 Å². The molecule has 5 N–H and O–H groups in total. The molecule has 0 fully saturated rings. The molecular formula is C12H16N6O. The predicted octanol–water partition coefficient (Wildman–Crippen LogP) is 0.460. The van der Waals surface area contributed by atoms with Gasteiger partial charge < -0.3 is 16.8 Å². The van der Waals surface area contributed by atoms with Crippen LogP contribution in [0.5, 0.6) is 0 Å². The SMILES string of the molecule is CC(Cn1cccn1)Nc1nc(C(N)=O)ccc1N. The third kappa shape index (κ3) is 3.21. The van der Waals surface area contributed by atoms with Gasteiger partial charge in [-0.15, -0.1) is 0 Å². The van der Waals surface area contributed by atoms with Gasteiger partial charge in [-0.1, -0.05) is 0 Å². The van der Waals surface area contributed by atoms with Crippen LogP contribution in [0.15, 0.2) is 30.6 Å². The van der Waals surface area contributed by atoms with E-state index in [9.17, 15) is 4.79 Å². The van der Waals surface area contributed by atoms with E-state index in [0.717, 1.165) is 0 Å². The Bertz CT molecular complexity index is 566. The maximum atomic E-state index is 11.1. The third-order valence-corrected chi connectivity index (χ3v) is 2.58. The Balaban J connectivity index is 2.09. The van der Waals surface area contributed by atoms with E-state index in [4.69, 9.17) is 11.5 Å². The third-order valence-electron chi connectivity index (χ3n) is 2.58. The Morgan fingerprint density at radius 1 is 1.53 bits per heavy atom. The van der Waals surface area contributed by atoms with Crippen LogP contribution in [0.2, 0.25) is 0 Å². The molecule has 1 atom stereocenters. The molecular weight excluding hydrogens is 244 g/mol. The molecule has 1 amide bonds. The quantitative estimate of drug-likeness (QED) is 0.723. The number of rotatable bonds is 5. The van der Waals surface area contributed by atoms with E-state index in [1.165, 1.54) is 6.07 Å². The normalized spacial score (nSPS) is 12.1. The monoisotopic (exact) mass is 260 g/mol. The smallest absolute Gasteiger partial charge is 0.267 e. The van der Waals surface area contributed by atoms with E-state index in [1.54, 1.807) is 16.9 Å². The van der Waals surface area contributed by atoms with Crippen LogP contribution in [0.4, 0.5) is 11.5 Å². The fourth-order valence-corrected chi connectivity index (χ4v) is 1.69. The van der Waals surface area contributed by atoms with Crippen LogP contribution < -0.4 is 16.8 Å². The molecule has 2 aromatic rings. The number of hydrogen-bond acceptors (Lipinski definition) is 5. The van der Waals surface area contributed by atoms with E-state index in [-0.39, 0.29) is 11.7 Å². The fourth-order valence-electron chi connectivity index (χ4n) is 1.69. The van der Waals surface area contributed by atoms with E-state index < -0.39 is 5.91 Å². The lowest BCUT2D eigenvalue weighted by molar-refractivity contribution is 0.0995. The summed E-state index contributed by atoms with van der Waals surface area (Å²) in [6, 6.07) is 5.02. The van der Waals surface area contributed by atoms with Crippen LogP contribution in [0.1, 0.15) is 17.4 Å². The summed E-state index contributed by atoms with van der Waals surface area (Å²) in [5.41, 5.74) is 11.7. The van der Waals surface area contributed by atoms with Crippen molar-refractivity contribution in [3.63, 3.8) is 0 Å². The van der Waals surface area contributed by atoms with Crippen LogP contribution >= 0.6 is 0 Å². The molecule has 2 heterocycles. The first-order valence-electron chi connectivity index (χ1n) is 5.86. The van der Waals surface area contributed by atoms with Crippen molar-refractivity contribution in [3.05, 3.63) is 36.3 Å². The van der Waals surface area contributed by atoms with Crippen LogP contribution in [-0.4, -0.2) is 26.7 Å². The second kappa shape index (κ2) is 5.38. The summed E-state index contributed by atoms with van der Waals surface area (Å²) in [6.07, 6.45) is 3.59. The van der Waals surface area contributed by atoms with Gasteiger partial charge in [-0.3, -0.25) is 9.48 Å². The summed E-state index contributed by atoms with van der Waals surface area (Å²) in [5.74, 6) is -0.126. The Kier molecular flexibility index (Phi) is 3.65. The zero-order chi connectivity index (χ0) is 13.8. The van der Waals surface area contributed by atoms with Gasteiger partial charge in [0.05, 0.1) is 12.2 Å². The van der Waals surface area contributed by atoms with E-state index in [2.05, 4.69) is 15.4 Å². The van der Waals surface area contributed by atoms with Crippen LogP contribution in [-0.2, 0) is 6.54 Å². The molecule has 100 valence electrons. The topological polar surface area (TPSA) is 112 Å². The number of nitrogens with zero attached hydrogens (tertiary/aromatic N) is 3. The van der Waals surface area contributed by atoms with Crippen molar-refractivity contribution in [1.82, 2.24) is 14.8 Å². The van der Waals surface area contributed by atoms with Crippen molar-refractivity contribution < 1.29 is 4.79 Å². The van der Waals surface area contributed by atoms with Crippen LogP contribution in [0.3, 0.4) is 0 Å². The molecule has 7 heteroatoms. The van der Waals surface area contributed by atoms with Crippen molar-refractivity contribution >= 4 is 17.4 Å². The van der Waals surface area contributed by atoms with Gasteiger partial charge in [0.1, 0.15) is 11.5 Å². The molecule has 0 aliphatic carbocycles. The fraction of sp³-hybridized carbons (Fsp3) is 0.250. The Labute approximate surface area is 110 Å². The van der Waals surface area contributed by atoms with Gasteiger partial charge in [0.15, 0.2) is 0 Å². The number of hydrogen-bond donors (Lipinski definition) is 3. The molecule has 0 bridgehead atoms. The minimum absolute atomic E-state index is 0.0535. The summed E-state index contributed by atoms with van der Waals surface area (Å²) >= 11 is 0. The number of aromatic nitrogens is 3. The second-order valence-electron chi connectivity index (χ2n) is 4.27. The summed E-state index contributed by atoms with van der Waals surface area (Å²) in [7, 11) is 0. The Hall–Kier alpha value is -2.57. The van der Waals surface area contributed by atoms with Gasteiger partial charge in [0.25, 0.3) is 5.91 Å². The molecule has 1 unspecified atom stereocenters. The minimum atomic E-state index is -0.581. The van der Waals surface area contributed by atoms with Crippen molar-refractivity contribution in [2.75, 3.05) is 11.1 Å². The molecule has 0 aliphatic rings. The number of carbonyl (C=O) groups excluding carboxylic acids is 1. The zero-order valence-corrected chi connectivity index (χ0v) is 10.6. The van der Waals surface area contributed by atoms with Gasteiger partial charge in [0, 0.05) is 18.4 Å². The number of nitrogens with one attached hydrogen (secondary N) is 1. The van der Waals surface area contributed by atoms with Crippen molar-refractivity contribution in [1.29, 1.82) is 0 Å². The number of nitrogens with two attached hydrogens (primary N) is 2. The highest BCUT2D eigenvalue weighted by atomic mass is 16.1. The highest BCUT2D eigenvalue weighted by Crippen LogP contribution is 2.16. The molecule has 0 aliphatic heterocycles. The first-order valence-corrected chi connectivity index (χ1v) is 5.86. The van der Waals surface area contributed by atoms with Crippen molar-refractivity contribution in [2.45, 2.75) is 19.5 Å². The van der Waals surface area contributed by atoms with Gasteiger partial charge >= 0.3 is 0 Å². The standard InChI is InChI=1S/C12H16N6O/c1-8(7-18-6-2-5-15-18)16-12-9(13)3-4-10(17-12)11(14)19/h2-6,8H,7,13H2,1H3,(H2,14,19)(H,16,17). The predicted molar refractivity (Wildman–Crippen MR) is 72.5 cm³/mol. The average molecular weight is 260 g/mol. The van der Waals surface area contributed by atoms with E-state index >= 15 is 0 Å². The van der Waals surface area contributed by atoms with Crippen molar-refractivity contribution in [2.24, 2.45) is 5.73 Å². The zero-order valence-electron chi connectivity index (χ0n) is 10.6. The molecule has 0 radical (unpaired) electrons. The average Bonchev–Trinajstić information content (AvgIpc) is 2.84. The molecule has 0 saturated heterocycles. The molecule has 0 aromatic carbocycles. The molecule has 2 rings (SSSR count).